The van der Waals surface area contributed by atoms with E-state index in [1.807, 2.05) is 32.2 Å². The lowest BCUT2D eigenvalue weighted by molar-refractivity contribution is -0.183. The van der Waals surface area contributed by atoms with Gasteiger partial charge in [-0.3, -0.25) is 9.63 Å². The maximum Gasteiger partial charge on any atom is 0.410 e. The molecule has 2 fully saturated rings. The summed E-state index contributed by atoms with van der Waals surface area (Å²) in [5, 5.41) is 12.4. The van der Waals surface area contributed by atoms with E-state index >= 15 is 0 Å². The second-order valence-corrected chi connectivity index (χ2v) is 8.81. The molecule has 1 atom stereocenters. The smallest absolute Gasteiger partial charge is 0.410 e. The second kappa shape index (κ2) is 7.87. The molecule has 2 amide bonds. The van der Waals surface area contributed by atoms with Gasteiger partial charge in [-0.05, 0) is 50.6 Å². The van der Waals surface area contributed by atoms with Gasteiger partial charge in [-0.1, -0.05) is 0 Å². The van der Waals surface area contributed by atoms with Crippen molar-refractivity contribution in [3.63, 3.8) is 0 Å². The van der Waals surface area contributed by atoms with E-state index in [1.54, 1.807) is 4.90 Å². The molecule has 0 aromatic carbocycles. The molecule has 2 aliphatic heterocycles. The van der Waals surface area contributed by atoms with Crippen molar-refractivity contribution in [3.05, 3.63) is 21.9 Å². The third kappa shape index (κ3) is 4.60. The van der Waals surface area contributed by atoms with Crippen LogP contribution in [0.2, 0.25) is 0 Å². The molecular formula is C19H25N3O4S. The summed E-state index contributed by atoms with van der Waals surface area (Å²) < 4.78 is 5.40. The van der Waals surface area contributed by atoms with Crippen LogP contribution in [0.1, 0.15) is 56.5 Å². The lowest BCUT2D eigenvalue weighted by Gasteiger charge is -2.34. The van der Waals surface area contributed by atoms with Crippen LogP contribution in [0.4, 0.5) is 4.79 Å². The number of rotatable bonds is 2. The average Bonchev–Trinajstić information content (AvgIpc) is 3.28. The number of piperidine rings is 1. The number of hydrogen-bond acceptors (Lipinski definition) is 6. The monoisotopic (exact) mass is 391 g/mol. The zero-order chi connectivity index (χ0) is 19.6. The molecule has 0 spiro atoms. The molecule has 1 aromatic rings. The number of amides is 2. The van der Waals surface area contributed by atoms with Gasteiger partial charge in [0.15, 0.2) is 0 Å². The topological polar surface area (TPSA) is 82.9 Å². The van der Waals surface area contributed by atoms with Crippen molar-refractivity contribution in [2.75, 3.05) is 19.7 Å². The fraction of sp³-hybridized carbons (Fsp3) is 0.632. The molecule has 2 saturated heterocycles. The largest absolute Gasteiger partial charge is 0.444 e. The van der Waals surface area contributed by atoms with E-state index in [0.29, 0.717) is 37.4 Å². The van der Waals surface area contributed by atoms with Gasteiger partial charge in [0.25, 0.3) is 0 Å². The van der Waals surface area contributed by atoms with Crippen LogP contribution in [-0.4, -0.2) is 47.3 Å². The van der Waals surface area contributed by atoms with E-state index in [-0.39, 0.29) is 24.0 Å². The van der Waals surface area contributed by atoms with Gasteiger partial charge in [0.2, 0.25) is 5.91 Å². The molecule has 2 aliphatic rings. The first kappa shape index (κ1) is 19.6. The molecule has 0 unspecified atom stereocenters. The highest BCUT2D eigenvalue weighted by Gasteiger charge is 2.38. The Balaban J connectivity index is 1.58. The summed E-state index contributed by atoms with van der Waals surface area (Å²) in [6.45, 7) is 7.02. The summed E-state index contributed by atoms with van der Waals surface area (Å²) in [6.07, 6.45) is 1.59. The fourth-order valence-corrected chi connectivity index (χ4v) is 4.13. The molecule has 7 nitrogen and oxygen atoms in total. The lowest BCUT2D eigenvalue weighted by atomic mass is 9.95. The molecular weight excluding hydrogens is 366 g/mol. The normalized spacial score (nSPS) is 21.2. The summed E-state index contributed by atoms with van der Waals surface area (Å²) >= 11 is 1.38. The van der Waals surface area contributed by atoms with Crippen LogP contribution in [0.25, 0.3) is 0 Å². The van der Waals surface area contributed by atoms with E-state index in [9.17, 15) is 9.59 Å². The zero-order valence-corrected chi connectivity index (χ0v) is 16.8. The van der Waals surface area contributed by atoms with Gasteiger partial charge in [0.05, 0.1) is 12.6 Å². The molecule has 3 heterocycles. The minimum Gasteiger partial charge on any atom is -0.444 e. The molecule has 1 aromatic heterocycles. The van der Waals surface area contributed by atoms with Crippen molar-refractivity contribution in [1.29, 1.82) is 5.26 Å². The van der Waals surface area contributed by atoms with E-state index in [4.69, 9.17) is 14.8 Å². The minimum absolute atomic E-state index is 0.0361. The molecule has 3 rings (SSSR count). The number of nitriles is 1. The number of nitrogens with zero attached hydrogens (tertiary/aromatic N) is 3. The highest BCUT2D eigenvalue weighted by molar-refractivity contribution is 7.10. The number of carbonyl (C=O) groups is 2. The maximum atomic E-state index is 13.0. The van der Waals surface area contributed by atoms with Crippen LogP contribution in [0.15, 0.2) is 11.4 Å². The van der Waals surface area contributed by atoms with Gasteiger partial charge >= 0.3 is 6.09 Å². The van der Waals surface area contributed by atoms with Crippen molar-refractivity contribution >= 4 is 23.3 Å². The van der Waals surface area contributed by atoms with Crippen LogP contribution in [0.3, 0.4) is 0 Å². The average molecular weight is 391 g/mol. The predicted molar refractivity (Wildman–Crippen MR) is 99.7 cm³/mol. The van der Waals surface area contributed by atoms with Gasteiger partial charge < -0.3 is 9.64 Å². The highest BCUT2D eigenvalue weighted by Crippen LogP contribution is 2.35. The SMILES string of the molecule is CC(C)(C)OC(=O)N1CCC(C(=O)N2OCC[C@H]2c2csc(C#N)c2)CC1. The molecule has 0 radical (unpaired) electrons. The number of ether oxygens (including phenoxy) is 1. The summed E-state index contributed by atoms with van der Waals surface area (Å²) in [5.41, 5.74) is 0.428. The zero-order valence-electron chi connectivity index (χ0n) is 15.9. The summed E-state index contributed by atoms with van der Waals surface area (Å²) in [7, 11) is 0. The first-order valence-corrected chi connectivity index (χ1v) is 10.1. The van der Waals surface area contributed by atoms with E-state index in [2.05, 4.69) is 6.07 Å². The van der Waals surface area contributed by atoms with Gasteiger partial charge in [-0.25, -0.2) is 9.86 Å². The Morgan fingerprint density at radius 1 is 1.30 bits per heavy atom. The van der Waals surface area contributed by atoms with E-state index < -0.39 is 5.60 Å². The molecule has 0 saturated carbocycles. The van der Waals surface area contributed by atoms with Crippen LogP contribution >= 0.6 is 11.3 Å². The van der Waals surface area contributed by atoms with Crippen molar-refractivity contribution in [2.45, 2.75) is 51.7 Å². The van der Waals surface area contributed by atoms with Crippen molar-refractivity contribution < 1.29 is 19.2 Å². The standard InChI is InChI=1S/C19H25N3O4S/c1-19(2,3)26-18(24)21-7-4-13(5-8-21)17(23)22-16(6-9-25-22)14-10-15(11-20)27-12-14/h10,12-13,16H,4-9H2,1-3H3/t16-/m0/s1. The van der Waals surface area contributed by atoms with Crippen molar-refractivity contribution in [1.82, 2.24) is 9.96 Å². The number of hydroxylamine groups is 2. The Morgan fingerprint density at radius 3 is 2.59 bits per heavy atom. The number of hydrogen-bond donors (Lipinski definition) is 0. The quantitative estimate of drug-likeness (QED) is 0.771. The van der Waals surface area contributed by atoms with Gasteiger partial charge in [0, 0.05) is 25.4 Å². The van der Waals surface area contributed by atoms with Crippen LogP contribution in [0.5, 0.6) is 0 Å². The third-order valence-corrected chi connectivity index (χ3v) is 5.59. The summed E-state index contributed by atoms with van der Waals surface area (Å²) in [6, 6.07) is 3.82. The summed E-state index contributed by atoms with van der Waals surface area (Å²) in [4.78, 5) is 33.1. The number of thiophene rings is 1. The van der Waals surface area contributed by atoms with Crippen LogP contribution < -0.4 is 0 Å². The molecule has 27 heavy (non-hydrogen) atoms. The van der Waals surface area contributed by atoms with Crippen LogP contribution in [-0.2, 0) is 14.4 Å². The first-order valence-electron chi connectivity index (χ1n) is 9.21. The Hall–Kier alpha value is -2.11. The first-order chi connectivity index (χ1) is 12.8. The molecule has 0 aliphatic carbocycles. The number of carbonyl (C=O) groups excluding carboxylic acids is 2. The molecule has 0 N–H and O–H groups in total. The maximum absolute atomic E-state index is 13.0. The molecule has 8 heteroatoms. The van der Waals surface area contributed by atoms with Crippen molar-refractivity contribution in [2.24, 2.45) is 5.92 Å². The van der Waals surface area contributed by atoms with E-state index in [0.717, 1.165) is 12.0 Å². The van der Waals surface area contributed by atoms with Gasteiger partial charge in [-0.15, -0.1) is 11.3 Å². The fourth-order valence-electron chi connectivity index (χ4n) is 3.39. The minimum atomic E-state index is -0.525. The highest BCUT2D eigenvalue weighted by atomic mass is 32.1. The molecule has 0 bridgehead atoms. The second-order valence-electron chi connectivity index (χ2n) is 7.90. The number of likely N-dealkylation sites (tertiary alicyclic amines) is 1. The van der Waals surface area contributed by atoms with Crippen molar-refractivity contribution in [3.8, 4) is 6.07 Å². The Bertz CT molecular complexity index is 741. The Labute approximate surface area is 163 Å². The Kier molecular flexibility index (Phi) is 5.72. The molecule has 146 valence electrons. The summed E-state index contributed by atoms with van der Waals surface area (Å²) in [5.74, 6) is -0.204. The van der Waals surface area contributed by atoms with Gasteiger partial charge in [-0.2, -0.15) is 5.26 Å². The Morgan fingerprint density at radius 2 is 2.00 bits per heavy atom. The van der Waals surface area contributed by atoms with E-state index in [1.165, 1.54) is 16.4 Å². The third-order valence-electron chi connectivity index (χ3n) is 4.73. The van der Waals surface area contributed by atoms with Crippen LogP contribution in [0, 0.1) is 17.2 Å². The van der Waals surface area contributed by atoms with Gasteiger partial charge in [0.1, 0.15) is 16.5 Å². The predicted octanol–water partition coefficient (Wildman–Crippen LogP) is 3.47. The lowest BCUT2D eigenvalue weighted by Crippen LogP contribution is -2.45.